The molecule has 0 spiro atoms. The standard InChI is InChI=1S/C61H42N2/c1-6-20-43(21-7-1)44-34-36-49(37-35-44)62(50-38-39-52-51-30-16-18-32-56(51)61(57(52)40-50,46-24-10-3-11-25-46)47-26-12-4-13-27-47)59-42-55-53-31-17-19-33-58(53)63(48-28-14-5-15-29-48)60(55)41-54(59)45-22-8-2-9-23-45/h1-42H. The maximum absolute atomic E-state index is 2.50. The van der Waals surface area contributed by atoms with Crippen molar-refractivity contribution in [3.05, 3.63) is 277 Å². The van der Waals surface area contributed by atoms with Crippen LogP contribution in [0, 0.1) is 0 Å². The van der Waals surface area contributed by atoms with Crippen LogP contribution in [-0.2, 0) is 5.41 Å². The van der Waals surface area contributed by atoms with Crippen LogP contribution in [0.3, 0.4) is 0 Å². The van der Waals surface area contributed by atoms with Crippen molar-refractivity contribution in [1.82, 2.24) is 4.57 Å². The lowest BCUT2D eigenvalue weighted by molar-refractivity contribution is 0.768. The number of rotatable bonds is 8. The van der Waals surface area contributed by atoms with Gasteiger partial charge in [0.2, 0.25) is 0 Å². The smallest absolute Gasteiger partial charge is 0.0714 e. The minimum absolute atomic E-state index is 0.539. The first kappa shape index (κ1) is 36.6. The Labute approximate surface area is 368 Å². The molecule has 2 heteroatoms. The number of hydrogen-bond acceptors (Lipinski definition) is 1. The molecule has 10 aromatic carbocycles. The quantitative estimate of drug-likeness (QED) is 0.149. The van der Waals surface area contributed by atoms with Gasteiger partial charge in [-0.15, -0.1) is 0 Å². The Bertz CT molecular complexity index is 3370. The van der Waals surface area contributed by atoms with Gasteiger partial charge in [-0.2, -0.15) is 0 Å². The predicted octanol–water partition coefficient (Wildman–Crippen LogP) is 16.0. The molecule has 1 aromatic heterocycles. The van der Waals surface area contributed by atoms with Crippen LogP contribution in [0.5, 0.6) is 0 Å². The van der Waals surface area contributed by atoms with Crippen LogP contribution in [0.15, 0.2) is 255 Å². The van der Waals surface area contributed by atoms with Gasteiger partial charge in [-0.1, -0.05) is 200 Å². The Balaban J connectivity index is 1.17. The van der Waals surface area contributed by atoms with Crippen molar-refractivity contribution in [3.8, 4) is 39.1 Å². The Morgan fingerprint density at radius 1 is 0.317 bits per heavy atom. The van der Waals surface area contributed by atoms with Crippen molar-refractivity contribution in [2.45, 2.75) is 5.41 Å². The largest absolute Gasteiger partial charge is 0.310 e. The molecule has 0 fully saturated rings. The van der Waals surface area contributed by atoms with E-state index in [1.807, 2.05) is 0 Å². The zero-order valence-corrected chi connectivity index (χ0v) is 34.6. The van der Waals surface area contributed by atoms with E-state index in [1.165, 1.54) is 66.3 Å². The van der Waals surface area contributed by atoms with Gasteiger partial charge in [-0.05, 0) is 105 Å². The molecular formula is C61H42N2. The van der Waals surface area contributed by atoms with Crippen molar-refractivity contribution in [2.24, 2.45) is 0 Å². The number of hydrogen-bond donors (Lipinski definition) is 0. The fourth-order valence-corrected chi connectivity index (χ4v) is 10.3. The summed E-state index contributed by atoms with van der Waals surface area (Å²) in [6, 6.07) is 93.4. The summed E-state index contributed by atoms with van der Waals surface area (Å²) >= 11 is 0. The lowest BCUT2D eigenvalue weighted by Gasteiger charge is -2.35. The van der Waals surface area contributed by atoms with Gasteiger partial charge in [0.05, 0.1) is 22.1 Å². The molecule has 0 aliphatic heterocycles. The Morgan fingerprint density at radius 3 is 1.52 bits per heavy atom. The third-order valence-electron chi connectivity index (χ3n) is 13.1. The summed E-state index contributed by atoms with van der Waals surface area (Å²) in [5.41, 5.74) is 18.5. The SMILES string of the molecule is c1ccc(-c2ccc(N(c3ccc4c(c3)C(c3ccccc3)(c3ccccc3)c3ccccc3-4)c3cc4c5ccccc5n(-c5ccccc5)c4cc3-c3ccccc3)cc2)cc1. The van der Waals surface area contributed by atoms with Gasteiger partial charge in [0.15, 0.2) is 0 Å². The van der Waals surface area contributed by atoms with Crippen LogP contribution in [0.1, 0.15) is 22.3 Å². The first-order chi connectivity index (χ1) is 31.3. The summed E-state index contributed by atoms with van der Waals surface area (Å²) in [6.45, 7) is 0. The molecular weight excluding hydrogens is 761 g/mol. The molecule has 0 N–H and O–H groups in total. The van der Waals surface area contributed by atoms with E-state index in [4.69, 9.17) is 0 Å². The fraction of sp³-hybridized carbons (Fsp3) is 0.0164. The fourth-order valence-electron chi connectivity index (χ4n) is 10.3. The van der Waals surface area contributed by atoms with Crippen molar-refractivity contribution in [1.29, 1.82) is 0 Å². The van der Waals surface area contributed by atoms with E-state index < -0.39 is 5.41 Å². The zero-order chi connectivity index (χ0) is 41.7. The van der Waals surface area contributed by atoms with E-state index >= 15 is 0 Å². The van der Waals surface area contributed by atoms with Crippen molar-refractivity contribution >= 4 is 38.9 Å². The molecule has 63 heavy (non-hydrogen) atoms. The van der Waals surface area contributed by atoms with E-state index in [1.54, 1.807) is 0 Å². The molecule has 0 atom stereocenters. The third-order valence-corrected chi connectivity index (χ3v) is 13.1. The molecule has 2 nitrogen and oxygen atoms in total. The number of benzene rings is 10. The van der Waals surface area contributed by atoms with Crippen LogP contribution < -0.4 is 4.90 Å². The van der Waals surface area contributed by atoms with Crippen LogP contribution >= 0.6 is 0 Å². The molecule has 12 rings (SSSR count). The second-order valence-electron chi connectivity index (χ2n) is 16.4. The number of nitrogens with zero attached hydrogens (tertiary/aromatic N) is 2. The highest BCUT2D eigenvalue weighted by Crippen LogP contribution is 2.57. The molecule has 1 heterocycles. The maximum Gasteiger partial charge on any atom is 0.0714 e. The van der Waals surface area contributed by atoms with Crippen LogP contribution in [-0.4, -0.2) is 4.57 Å². The number of para-hydroxylation sites is 2. The summed E-state index contributed by atoms with van der Waals surface area (Å²) in [4.78, 5) is 2.50. The monoisotopic (exact) mass is 802 g/mol. The average Bonchev–Trinajstić information content (AvgIpc) is 3.85. The average molecular weight is 803 g/mol. The number of fused-ring (bicyclic) bond motifs is 6. The van der Waals surface area contributed by atoms with Crippen LogP contribution in [0.25, 0.3) is 60.9 Å². The predicted molar refractivity (Wildman–Crippen MR) is 264 cm³/mol. The van der Waals surface area contributed by atoms with Gasteiger partial charge in [0, 0.05) is 33.4 Å². The second-order valence-corrected chi connectivity index (χ2v) is 16.4. The van der Waals surface area contributed by atoms with E-state index in [0.29, 0.717) is 0 Å². The molecule has 0 bridgehead atoms. The summed E-state index contributed by atoms with van der Waals surface area (Å²) in [5.74, 6) is 0. The zero-order valence-electron chi connectivity index (χ0n) is 34.6. The highest BCUT2D eigenvalue weighted by atomic mass is 15.1. The first-order valence-corrected chi connectivity index (χ1v) is 21.8. The summed E-state index contributed by atoms with van der Waals surface area (Å²) in [7, 11) is 0. The van der Waals surface area contributed by atoms with Gasteiger partial charge in [0.25, 0.3) is 0 Å². The molecule has 0 amide bonds. The van der Waals surface area contributed by atoms with Crippen LogP contribution in [0.2, 0.25) is 0 Å². The maximum atomic E-state index is 2.50. The minimum atomic E-state index is -0.539. The van der Waals surface area contributed by atoms with Crippen molar-refractivity contribution in [2.75, 3.05) is 4.90 Å². The normalized spacial score (nSPS) is 12.6. The highest BCUT2D eigenvalue weighted by Gasteiger charge is 2.46. The van der Waals surface area contributed by atoms with Gasteiger partial charge < -0.3 is 9.47 Å². The molecule has 296 valence electrons. The Morgan fingerprint density at radius 2 is 0.841 bits per heavy atom. The van der Waals surface area contributed by atoms with Gasteiger partial charge in [-0.3, -0.25) is 0 Å². The molecule has 11 aromatic rings. The Hall–Kier alpha value is -8.20. The van der Waals surface area contributed by atoms with Crippen molar-refractivity contribution in [3.63, 3.8) is 0 Å². The molecule has 0 saturated heterocycles. The lowest BCUT2D eigenvalue weighted by Crippen LogP contribution is -2.28. The summed E-state index contributed by atoms with van der Waals surface area (Å²) in [6.07, 6.45) is 0. The second kappa shape index (κ2) is 15.1. The topological polar surface area (TPSA) is 8.17 Å². The van der Waals surface area contributed by atoms with Crippen molar-refractivity contribution < 1.29 is 0 Å². The molecule has 1 aliphatic carbocycles. The van der Waals surface area contributed by atoms with Gasteiger partial charge in [0.1, 0.15) is 0 Å². The molecule has 0 unspecified atom stereocenters. The van der Waals surface area contributed by atoms with E-state index in [-0.39, 0.29) is 0 Å². The Kier molecular flexibility index (Phi) is 8.76. The molecule has 1 aliphatic rings. The number of aromatic nitrogens is 1. The summed E-state index contributed by atoms with van der Waals surface area (Å²) in [5, 5.41) is 2.42. The van der Waals surface area contributed by atoms with Gasteiger partial charge in [-0.25, -0.2) is 0 Å². The summed E-state index contributed by atoms with van der Waals surface area (Å²) < 4.78 is 2.42. The van der Waals surface area contributed by atoms with E-state index in [9.17, 15) is 0 Å². The number of anilines is 3. The molecule has 0 radical (unpaired) electrons. The first-order valence-electron chi connectivity index (χ1n) is 21.8. The lowest BCUT2D eigenvalue weighted by atomic mass is 9.67. The highest BCUT2D eigenvalue weighted by molar-refractivity contribution is 6.13. The van der Waals surface area contributed by atoms with E-state index in [2.05, 4.69) is 264 Å². The third kappa shape index (κ3) is 5.87. The molecule has 0 saturated carbocycles. The van der Waals surface area contributed by atoms with Crippen LogP contribution in [0.4, 0.5) is 17.1 Å². The minimum Gasteiger partial charge on any atom is -0.310 e. The van der Waals surface area contributed by atoms with E-state index in [0.717, 1.165) is 33.9 Å². The van der Waals surface area contributed by atoms with Gasteiger partial charge >= 0.3 is 0 Å².